The van der Waals surface area contributed by atoms with Crippen LogP contribution in [-0.2, 0) is 0 Å². The van der Waals surface area contributed by atoms with E-state index in [0.717, 1.165) is 0 Å². The first-order valence-electron chi connectivity index (χ1n) is 3.70. The largest absolute Gasteiger partial charge is 0.390 e. The van der Waals surface area contributed by atoms with E-state index in [1.807, 2.05) is 6.07 Å². The second-order valence-electron chi connectivity index (χ2n) is 2.28. The molecule has 0 spiro atoms. The van der Waals surface area contributed by atoms with Gasteiger partial charge in [0.2, 0.25) is 0 Å². The summed E-state index contributed by atoms with van der Waals surface area (Å²) in [7, 11) is 0. The standard InChI is InChI=1S/C7H14N4O/c1-9-6-11-5-7(12)4-10-3-2-8/h7,10-12H,1,3-6H2. The van der Waals surface area contributed by atoms with Gasteiger partial charge in [-0.25, -0.2) is 0 Å². The highest BCUT2D eigenvalue weighted by molar-refractivity contribution is 5.22. The second kappa shape index (κ2) is 8.14. The third-order valence-electron chi connectivity index (χ3n) is 1.19. The number of hydrogen-bond donors (Lipinski definition) is 3. The average molecular weight is 170 g/mol. The molecule has 0 fully saturated rings. The SMILES string of the molecule is C=NCNCC(O)CNCC#N. The van der Waals surface area contributed by atoms with Crippen molar-refractivity contribution in [1.29, 1.82) is 5.26 Å². The number of aliphatic hydroxyl groups is 1. The Labute approximate surface area is 72.1 Å². The third-order valence-corrected chi connectivity index (χ3v) is 1.19. The fraction of sp³-hybridized carbons (Fsp3) is 0.714. The van der Waals surface area contributed by atoms with Crippen LogP contribution in [0.1, 0.15) is 0 Å². The average Bonchev–Trinajstić information content (AvgIpc) is 2.06. The highest BCUT2D eigenvalue weighted by Gasteiger charge is 2.00. The fourth-order valence-electron chi connectivity index (χ4n) is 0.677. The molecule has 0 heterocycles. The molecule has 5 heteroatoms. The minimum Gasteiger partial charge on any atom is -0.390 e. The van der Waals surface area contributed by atoms with Crippen molar-refractivity contribution >= 4 is 6.72 Å². The highest BCUT2D eigenvalue weighted by Crippen LogP contribution is 1.76. The number of nitriles is 1. The summed E-state index contributed by atoms with van der Waals surface area (Å²) in [5.41, 5.74) is 0. The zero-order valence-electron chi connectivity index (χ0n) is 6.95. The van der Waals surface area contributed by atoms with E-state index in [2.05, 4.69) is 22.3 Å². The molecule has 3 N–H and O–H groups in total. The third kappa shape index (κ3) is 7.15. The molecule has 1 unspecified atom stereocenters. The van der Waals surface area contributed by atoms with Gasteiger partial charge in [-0.15, -0.1) is 0 Å². The highest BCUT2D eigenvalue weighted by atomic mass is 16.3. The number of hydrogen-bond acceptors (Lipinski definition) is 5. The number of nitrogens with one attached hydrogen (secondary N) is 2. The second-order valence-corrected chi connectivity index (χ2v) is 2.28. The monoisotopic (exact) mass is 170 g/mol. The van der Waals surface area contributed by atoms with Crippen LogP contribution in [0.15, 0.2) is 4.99 Å². The predicted molar refractivity (Wildman–Crippen MR) is 46.9 cm³/mol. The first-order valence-corrected chi connectivity index (χ1v) is 3.70. The van der Waals surface area contributed by atoms with Gasteiger partial charge >= 0.3 is 0 Å². The summed E-state index contributed by atoms with van der Waals surface area (Å²) in [6, 6.07) is 1.92. The van der Waals surface area contributed by atoms with Crippen LogP contribution in [0.4, 0.5) is 0 Å². The Morgan fingerprint density at radius 1 is 1.50 bits per heavy atom. The van der Waals surface area contributed by atoms with E-state index in [4.69, 9.17) is 5.26 Å². The van der Waals surface area contributed by atoms with Gasteiger partial charge in [-0.1, -0.05) is 0 Å². The van der Waals surface area contributed by atoms with Crippen molar-refractivity contribution in [2.75, 3.05) is 26.3 Å². The van der Waals surface area contributed by atoms with Crippen molar-refractivity contribution in [2.24, 2.45) is 4.99 Å². The first kappa shape index (κ1) is 11.0. The van der Waals surface area contributed by atoms with Gasteiger partial charge < -0.3 is 10.4 Å². The topological polar surface area (TPSA) is 80.4 Å². The zero-order valence-corrected chi connectivity index (χ0v) is 6.95. The molecule has 0 aromatic heterocycles. The molecule has 0 aliphatic carbocycles. The molecular weight excluding hydrogens is 156 g/mol. The molecule has 0 amide bonds. The molecule has 0 bridgehead atoms. The van der Waals surface area contributed by atoms with E-state index in [1.165, 1.54) is 0 Å². The molecular formula is C7H14N4O. The van der Waals surface area contributed by atoms with Crippen molar-refractivity contribution in [2.45, 2.75) is 6.10 Å². The lowest BCUT2D eigenvalue weighted by molar-refractivity contribution is 0.171. The van der Waals surface area contributed by atoms with E-state index in [0.29, 0.717) is 19.8 Å². The van der Waals surface area contributed by atoms with E-state index < -0.39 is 6.10 Å². The van der Waals surface area contributed by atoms with Crippen LogP contribution in [0.3, 0.4) is 0 Å². The van der Waals surface area contributed by atoms with Crippen LogP contribution in [-0.4, -0.2) is 44.2 Å². The van der Waals surface area contributed by atoms with Crippen LogP contribution in [0, 0.1) is 11.3 Å². The maximum absolute atomic E-state index is 9.21. The van der Waals surface area contributed by atoms with Crippen LogP contribution >= 0.6 is 0 Å². The molecule has 0 radical (unpaired) electrons. The van der Waals surface area contributed by atoms with Gasteiger partial charge in [0.25, 0.3) is 0 Å². The minimum atomic E-state index is -0.486. The maximum Gasteiger partial charge on any atom is 0.0878 e. The van der Waals surface area contributed by atoms with Gasteiger partial charge in [0.1, 0.15) is 0 Å². The van der Waals surface area contributed by atoms with Gasteiger partial charge in [-0.05, 0) is 6.72 Å². The van der Waals surface area contributed by atoms with Gasteiger partial charge in [0.15, 0.2) is 0 Å². The van der Waals surface area contributed by atoms with Crippen molar-refractivity contribution in [3.63, 3.8) is 0 Å². The van der Waals surface area contributed by atoms with E-state index in [1.54, 1.807) is 0 Å². The Balaban J connectivity index is 3.16. The summed E-state index contributed by atoms with van der Waals surface area (Å²) in [6.45, 7) is 4.85. The molecule has 0 aliphatic heterocycles. The molecule has 0 aliphatic rings. The maximum atomic E-state index is 9.21. The molecule has 0 aromatic carbocycles. The van der Waals surface area contributed by atoms with Gasteiger partial charge in [-0.3, -0.25) is 10.3 Å². The van der Waals surface area contributed by atoms with E-state index >= 15 is 0 Å². The molecule has 68 valence electrons. The lowest BCUT2D eigenvalue weighted by Crippen LogP contribution is -2.35. The van der Waals surface area contributed by atoms with Crippen LogP contribution in [0.2, 0.25) is 0 Å². The lowest BCUT2D eigenvalue weighted by atomic mass is 10.3. The molecule has 0 saturated heterocycles. The van der Waals surface area contributed by atoms with Crippen molar-refractivity contribution in [1.82, 2.24) is 10.6 Å². The fourth-order valence-corrected chi connectivity index (χ4v) is 0.677. The first-order chi connectivity index (χ1) is 5.81. The quantitative estimate of drug-likeness (QED) is 0.252. The number of rotatable bonds is 7. The normalized spacial score (nSPS) is 12.0. The zero-order chi connectivity index (χ0) is 9.23. The minimum absolute atomic E-state index is 0.261. The molecule has 1 atom stereocenters. The lowest BCUT2D eigenvalue weighted by Gasteiger charge is -2.09. The summed E-state index contributed by atoms with van der Waals surface area (Å²) < 4.78 is 0. The summed E-state index contributed by atoms with van der Waals surface area (Å²) >= 11 is 0. The Bertz CT molecular complexity index is 154. The summed E-state index contributed by atoms with van der Waals surface area (Å²) in [5, 5.41) is 23.0. The Morgan fingerprint density at radius 3 is 2.75 bits per heavy atom. The number of aliphatic imine (C=N–C) groups is 1. The molecule has 5 nitrogen and oxygen atoms in total. The predicted octanol–water partition coefficient (Wildman–Crippen LogP) is -1.29. The smallest absolute Gasteiger partial charge is 0.0878 e. The molecule has 0 aromatic rings. The van der Waals surface area contributed by atoms with Crippen molar-refractivity contribution in [3.05, 3.63) is 0 Å². The van der Waals surface area contributed by atoms with Gasteiger partial charge in [0.05, 0.1) is 25.4 Å². The van der Waals surface area contributed by atoms with Crippen molar-refractivity contribution < 1.29 is 5.11 Å². The Kier molecular flexibility index (Phi) is 7.49. The van der Waals surface area contributed by atoms with Crippen molar-refractivity contribution in [3.8, 4) is 6.07 Å². The summed E-state index contributed by atoms with van der Waals surface area (Å²) in [4.78, 5) is 3.56. The van der Waals surface area contributed by atoms with Crippen LogP contribution < -0.4 is 10.6 Å². The summed E-state index contributed by atoms with van der Waals surface area (Å²) in [5.74, 6) is 0. The Morgan fingerprint density at radius 2 is 2.17 bits per heavy atom. The Hall–Kier alpha value is -0.960. The van der Waals surface area contributed by atoms with E-state index in [9.17, 15) is 5.11 Å². The summed E-state index contributed by atoms with van der Waals surface area (Å²) in [6.07, 6.45) is -0.486. The van der Waals surface area contributed by atoms with E-state index in [-0.39, 0.29) is 6.54 Å². The molecule has 0 saturated carbocycles. The van der Waals surface area contributed by atoms with Crippen LogP contribution in [0.5, 0.6) is 0 Å². The van der Waals surface area contributed by atoms with Gasteiger partial charge in [0, 0.05) is 13.1 Å². The van der Waals surface area contributed by atoms with Crippen LogP contribution in [0.25, 0.3) is 0 Å². The number of nitrogens with zero attached hydrogens (tertiary/aromatic N) is 2. The number of aliphatic hydroxyl groups excluding tert-OH is 1. The molecule has 0 rings (SSSR count). The molecule has 12 heavy (non-hydrogen) atoms. The van der Waals surface area contributed by atoms with Gasteiger partial charge in [-0.2, -0.15) is 5.26 Å².